The van der Waals surface area contributed by atoms with Crippen molar-refractivity contribution < 1.29 is 28.6 Å². The van der Waals surface area contributed by atoms with Gasteiger partial charge in [-0.05, 0) is 37.6 Å². The number of urea groups is 1. The number of rotatable bonds is 5. The van der Waals surface area contributed by atoms with Gasteiger partial charge in [-0.2, -0.15) is 0 Å². The predicted octanol–water partition coefficient (Wildman–Crippen LogP) is 1.25. The minimum atomic E-state index is -0.709. The van der Waals surface area contributed by atoms with Gasteiger partial charge in [0, 0.05) is 12.1 Å². The summed E-state index contributed by atoms with van der Waals surface area (Å²) in [6.45, 7) is 3.95. The monoisotopic (exact) mass is 348 g/mol. The fraction of sp³-hybridized carbons (Fsp3) is 0.353. The first-order chi connectivity index (χ1) is 11.9. The Morgan fingerprint density at radius 3 is 2.64 bits per heavy atom. The van der Waals surface area contributed by atoms with E-state index >= 15 is 0 Å². The van der Waals surface area contributed by atoms with Gasteiger partial charge in [0.05, 0.1) is 0 Å². The van der Waals surface area contributed by atoms with Crippen LogP contribution in [0.3, 0.4) is 0 Å². The summed E-state index contributed by atoms with van der Waals surface area (Å²) in [5, 5.41) is 4.54. The number of carbonyl (C=O) groups excluding carboxylic acids is 3. The maximum atomic E-state index is 11.6. The summed E-state index contributed by atoms with van der Waals surface area (Å²) in [4.78, 5) is 34.4. The molecule has 0 bridgehead atoms. The largest absolute Gasteiger partial charge is 0.486 e. The molecule has 8 heteroatoms. The Morgan fingerprint density at radius 1 is 1.20 bits per heavy atom. The Bertz CT molecular complexity index is 684. The maximum Gasteiger partial charge on any atom is 0.331 e. The highest BCUT2D eigenvalue weighted by Gasteiger charge is 2.12. The minimum Gasteiger partial charge on any atom is -0.486 e. The van der Waals surface area contributed by atoms with Gasteiger partial charge in [-0.25, -0.2) is 9.59 Å². The van der Waals surface area contributed by atoms with Crippen LogP contribution in [-0.4, -0.2) is 43.8 Å². The zero-order valence-electron chi connectivity index (χ0n) is 14.0. The second kappa shape index (κ2) is 8.72. The number of hydrogen-bond donors (Lipinski definition) is 2. The van der Waals surface area contributed by atoms with Gasteiger partial charge in [-0.3, -0.25) is 10.1 Å². The number of imide groups is 1. The summed E-state index contributed by atoms with van der Waals surface area (Å²) in [6, 6.07) is 4.51. The number of amides is 3. The molecule has 1 aliphatic rings. The molecule has 0 unspecified atom stereocenters. The first-order valence-corrected chi connectivity index (χ1v) is 7.79. The van der Waals surface area contributed by atoms with E-state index in [4.69, 9.17) is 14.2 Å². The van der Waals surface area contributed by atoms with Gasteiger partial charge in [0.1, 0.15) is 13.2 Å². The smallest absolute Gasteiger partial charge is 0.331 e. The van der Waals surface area contributed by atoms with Gasteiger partial charge in [-0.15, -0.1) is 0 Å². The van der Waals surface area contributed by atoms with Crippen LogP contribution in [0.4, 0.5) is 4.79 Å². The SMILES string of the molecule is CC(C)NC(=O)NC(=O)COC(=O)/C=C/c1ccc2c(c1)OCCO2. The molecule has 0 radical (unpaired) electrons. The van der Waals surface area contributed by atoms with Crippen molar-refractivity contribution in [2.75, 3.05) is 19.8 Å². The highest BCUT2D eigenvalue weighted by Crippen LogP contribution is 2.31. The Labute approximate surface area is 145 Å². The molecule has 1 aliphatic heterocycles. The lowest BCUT2D eigenvalue weighted by Gasteiger charge is -2.18. The normalized spacial score (nSPS) is 12.8. The van der Waals surface area contributed by atoms with Crippen LogP contribution in [0.5, 0.6) is 11.5 Å². The molecule has 25 heavy (non-hydrogen) atoms. The van der Waals surface area contributed by atoms with E-state index in [0.29, 0.717) is 24.7 Å². The molecule has 1 heterocycles. The topological polar surface area (TPSA) is 103 Å². The van der Waals surface area contributed by atoms with E-state index in [2.05, 4.69) is 10.6 Å². The molecule has 0 aromatic heterocycles. The molecule has 0 spiro atoms. The number of fused-ring (bicyclic) bond motifs is 1. The second-order valence-electron chi connectivity index (χ2n) is 5.52. The molecule has 134 valence electrons. The van der Waals surface area contributed by atoms with Crippen molar-refractivity contribution in [2.24, 2.45) is 0 Å². The van der Waals surface area contributed by atoms with Crippen LogP contribution >= 0.6 is 0 Å². The summed E-state index contributed by atoms with van der Waals surface area (Å²) in [5.41, 5.74) is 0.724. The van der Waals surface area contributed by atoms with Crippen LogP contribution in [0, 0.1) is 0 Å². The Kier molecular flexibility index (Phi) is 6.39. The quantitative estimate of drug-likeness (QED) is 0.613. The van der Waals surface area contributed by atoms with Crippen LogP contribution in [0.15, 0.2) is 24.3 Å². The van der Waals surface area contributed by atoms with Gasteiger partial charge >= 0.3 is 12.0 Å². The average Bonchev–Trinajstić information content (AvgIpc) is 2.57. The molecule has 8 nitrogen and oxygen atoms in total. The fourth-order valence-corrected chi connectivity index (χ4v) is 1.97. The van der Waals surface area contributed by atoms with E-state index in [-0.39, 0.29) is 6.04 Å². The third-order valence-electron chi connectivity index (χ3n) is 3.00. The third-order valence-corrected chi connectivity index (χ3v) is 3.00. The molecule has 0 atom stereocenters. The number of carbonyl (C=O) groups is 3. The number of benzene rings is 1. The summed E-state index contributed by atoms with van der Waals surface area (Å²) in [5.74, 6) is -0.145. The van der Waals surface area contributed by atoms with E-state index < -0.39 is 24.5 Å². The van der Waals surface area contributed by atoms with E-state index in [0.717, 1.165) is 5.56 Å². The predicted molar refractivity (Wildman–Crippen MR) is 89.2 cm³/mol. The Hall–Kier alpha value is -3.03. The first kappa shape index (κ1) is 18.3. The van der Waals surface area contributed by atoms with E-state index in [1.807, 2.05) is 0 Å². The molecule has 3 amide bonds. The zero-order valence-corrected chi connectivity index (χ0v) is 14.0. The van der Waals surface area contributed by atoms with Gasteiger partial charge in [0.25, 0.3) is 5.91 Å². The number of hydrogen-bond acceptors (Lipinski definition) is 6. The first-order valence-electron chi connectivity index (χ1n) is 7.79. The molecular weight excluding hydrogens is 328 g/mol. The molecule has 0 saturated heterocycles. The summed E-state index contributed by atoms with van der Waals surface area (Å²) in [7, 11) is 0. The molecular formula is C17H20N2O6. The molecule has 2 rings (SSSR count). The standard InChI is InChI=1S/C17H20N2O6/c1-11(2)18-17(22)19-15(20)10-25-16(21)6-4-12-3-5-13-14(9-12)24-8-7-23-13/h3-6,9,11H,7-8,10H2,1-2H3,(H2,18,19,20,22)/b6-4+. The molecule has 0 aliphatic carbocycles. The lowest BCUT2D eigenvalue weighted by Crippen LogP contribution is -2.43. The summed E-state index contributed by atoms with van der Waals surface area (Å²) < 4.78 is 15.6. The maximum absolute atomic E-state index is 11.6. The zero-order chi connectivity index (χ0) is 18.2. The van der Waals surface area contributed by atoms with Crippen molar-refractivity contribution in [3.8, 4) is 11.5 Å². The van der Waals surface area contributed by atoms with Gasteiger partial charge < -0.3 is 19.5 Å². The van der Waals surface area contributed by atoms with Crippen LogP contribution in [0.1, 0.15) is 19.4 Å². The highest BCUT2D eigenvalue weighted by atomic mass is 16.6. The summed E-state index contributed by atoms with van der Waals surface area (Å²) in [6.07, 6.45) is 2.72. The van der Waals surface area contributed by atoms with E-state index in [9.17, 15) is 14.4 Å². The lowest BCUT2D eigenvalue weighted by molar-refractivity contribution is -0.143. The molecule has 0 fully saturated rings. The highest BCUT2D eigenvalue weighted by molar-refractivity contribution is 5.96. The van der Waals surface area contributed by atoms with Crippen molar-refractivity contribution in [1.82, 2.24) is 10.6 Å². The van der Waals surface area contributed by atoms with Crippen LogP contribution in [0.25, 0.3) is 6.08 Å². The van der Waals surface area contributed by atoms with Gasteiger partial charge in [-0.1, -0.05) is 6.07 Å². The van der Waals surface area contributed by atoms with E-state index in [1.165, 1.54) is 12.2 Å². The number of nitrogens with one attached hydrogen (secondary N) is 2. The fourth-order valence-electron chi connectivity index (χ4n) is 1.97. The van der Waals surface area contributed by atoms with E-state index in [1.54, 1.807) is 32.0 Å². The molecule has 0 saturated carbocycles. The number of ether oxygens (including phenoxy) is 3. The lowest BCUT2D eigenvalue weighted by atomic mass is 10.2. The Morgan fingerprint density at radius 2 is 1.92 bits per heavy atom. The van der Waals surface area contributed by atoms with Crippen LogP contribution in [-0.2, 0) is 14.3 Å². The second-order valence-corrected chi connectivity index (χ2v) is 5.52. The minimum absolute atomic E-state index is 0.107. The van der Waals surface area contributed by atoms with Crippen molar-refractivity contribution in [2.45, 2.75) is 19.9 Å². The Balaban J connectivity index is 1.79. The van der Waals surface area contributed by atoms with Crippen molar-refractivity contribution >= 4 is 24.0 Å². The van der Waals surface area contributed by atoms with Gasteiger partial charge in [0.2, 0.25) is 0 Å². The molecule has 1 aromatic carbocycles. The molecule has 2 N–H and O–H groups in total. The number of esters is 1. The molecule has 1 aromatic rings. The van der Waals surface area contributed by atoms with Crippen LogP contribution in [0.2, 0.25) is 0 Å². The van der Waals surface area contributed by atoms with Gasteiger partial charge in [0.15, 0.2) is 18.1 Å². The van der Waals surface area contributed by atoms with Crippen molar-refractivity contribution in [1.29, 1.82) is 0 Å². The average molecular weight is 348 g/mol. The van der Waals surface area contributed by atoms with Crippen LogP contribution < -0.4 is 20.1 Å². The third kappa shape index (κ3) is 6.17. The summed E-state index contributed by atoms with van der Waals surface area (Å²) >= 11 is 0. The van der Waals surface area contributed by atoms with Crippen molar-refractivity contribution in [3.63, 3.8) is 0 Å². The van der Waals surface area contributed by atoms with Crippen molar-refractivity contribution in [3.05, 3.63) is 29.8 Å².